The Morgan fingerprint density at radius 3 is 2.54 bits per heavy atom. The summed E-state index contributed by atoms with van der Waals surface area (Å²) >= 11 is 0. The first-order valence-corrected chi connectivity index (χ1v) is 9.31. The van der Waals surface area contributed by atoms with Gasteiger partial charge in [-0.15, -0.1) is 0 Å². The van der Waals surface area contributed by atoms with Gasteiger partial charge in [-0.05, 0) is 44.1 Å². The first kappa shape index (κ1) is 17.0. The largest absolute Gasteiger partial charge is 0.341 e. The van der Waals surface area contributed by atoms with Gasteiger partial charge in [0.05, 0.1) is 0 Å². The smallest absolute Gasteiger partial charge is 0.248 e. The SMILES string of the molecule is CCCN1CCCC2(CCCN2C(=O)CCc2ccccc2)C1=O. The molecule has 4 nitrogen and oxygen atoms in total. The molecule has 4 heteroatoms. The molecule has 130 valence electrons. The molecule has 1 unspecified atom stereocenters. The number of likely N-dealkylation sites (tertiary alicyclic amines) is 2. The molecule has 0 N–H and O–H groups in total. The van der Waals surface area contributed by atoms with Crippen LogP contribution >= 0.6 is 0 Å². The lowest BCUT2D eigenvalue weighted by Gasteiger charge is -2.44. The molecule has 1 spiro atoms. The number of carbonyl (C=O) groups excluding carboxylic acids is 2. The van der Waals surface area contributed by atoms with Crippen LogP contribution in [0.4, 0.5) is 0 Å². The van der Waals surface area contributed by atoms with Crippen LogP contribution in [0.2, 0.25) is 0 Å². The zero-order valence-electron chi connectivity index (χ0n) is 14.7. The van der Waals surface area contributed by atoms with Gasteiger partial charge >= 0.3 is 0 Å². The van der Waals surface area contributed by atoms with Gasteiger partial charge in [-0.3, -0.25) is 9.59 Å². The lowest BCUT2D eigenvalue weighted by molar-refractivity contribution is -0.155. The number of piperidine rings is 1. The normalized spacial score (nSPS) is 24.0. The highest BCUT2D eigenvalue weighted by Crippen LogP contribution is 2.38. The minimum absolute atomic E-state index is 0.142. The molecule has 24 heavy (non-hydrogen) atoms. The van der Waals surface area contributed by atoms with Crippen LogP contribution in [-0.2, 0) is 16.0 Å². The van der Waals surface area contributed by atoms with Gasteiger partial charge in [-0.25, -0.2) is 0 Å². The second-order valence-electron chi connectivity index (χ2n) is 7.06. The molecule has 0 bridgehead atoms. The molecule has 2 amide bonds. The van der Waals surface area contributed by atoms with Crippen molar-refractivity contribution in [2.75, 3.05) is 19.6 Å². The van der Waals surface area contributed by atoms with Gasteiger partial charge in [-0.1, -0.05) is 37.3 Å². The third kappa shape index (κ3) is 3.19. The summed E-state index contributed by atoms with van der Waals surface area (Å²) in [6.07, 6.45) is 5.85. The Balaban J connectivity index is 1.70. The molecule has 0 aliphatic carbocycles. The average molecular weight is 328 g/mol. The van der Waals surface area contributed by atoms with Crippen LogP contribution in [0.3, 0.4) is 0 Å². The van der Waals surface area contributed by atoms with Gasteiger partial charge in [-0.2, -0.15) is 0 Å². The van der Waals surface area contributed by atoms with E-state index in [9.17, 15) is 9.59 Å². The van der Waals surface area contributed by atoms with Crippen LogP contribution in [0.15, 0.2) is 30.3 Å². The Morgan fingerprint density at radius 2 is 1.83 bits per heavy atom. The van der Waals surface area contributed by atoms with E-state index in [0.717, 1.165) is 58.2 Å². The minimum Gasteiger partial charge on any atom is -0.341 e. The number of nitrogens with zero attached hydrogens (tertiary/aromatic N) is 2. The zero-order chi connectivity index (χ0) is 17.0. The Hall–Kier alpha value is -1.84. The first-order chi connectivity index (χ1) is 11.7. The van der Waals surface area contributed by atoms with Gasteiger partial charge in [0.25, 0.3) is 0 Å². The fraction of sp³-hybridized carbons (Fsp3) is 0.600. The van der Waals surface area contributed by atoms with Gasteiger partial charge in [0.1, 0.15) is 5.54 Å². The lowest BCUT2D eigenvalue weighted by Crippen LogP contribution is -2.61. The predicted molar refractivity (Wildman–Crippen MR) is 94.5 cm³/mol. The molecule has 1 atom stereocenters. The minimum atomic E-state index is -0.540. The molecule has 1 aromatic carbocycles. The summed E-state index contributed by atoms with van der Waals surface area (Å²) in [7, 11) is 0. The van der Waals surface area contributed by atoms with Crippen molar-refractivity contribution in [1.29, 1.82) is 0 Å². The first-order valence-electron chi connectivity index (χ1n) is 9.31. The van der Waals surface area contributed by atoms with E-state index in [4.69, 9.17) is 0 Å². The molecule has 0 radical (unpaired) electrons. The Kier molecular flexibility index (Phi) is 5.22. The third-order valence-corrected chi connectivity index (χ3v) is 5.46. The van der Waals surface area contributed by atoms with Crippen LogP contribution in [0.25, 0.3) is 0 Å². The lowest BCUT2D eigenvalue weighted by atomic mass is 9.85. The van der Waals surface area contributed by atoms with Crippen molar-refractivity contribution in [3.05, 3.63) is 35.9 Å². The number of benzene rings is 1. The van der Waals surface area contributed by atoms with Crippen LogP contribution in [0, 0.1) is 0 Å². The van der Waals surface area contributed by atoms with Crippen LogP contribution in [0.1, 0.15) is 51.0 Å². The third-order valence-electron chi connectivity index (χ3n) is 5.46. The number of aryl methyl sites for hydroxylation is 1. The maximum atomic E-state index is 13.1. The van der Waals surface area contributed by atoms with Crippen molar-refractivity contribution in [1.82, 2.24) is 9.80 Å². The summed E-state index contributed by atoms with van der Waals surface area (Å²) in [6.45, 7) is 4.50. The van der Waals surface area contributed by atoms with Crippen molar-refractivity contribution in [3.63, 3.8) is 0 Å². The summed E-state index contributed by atoms with van der Waals surface area (Å²) < 4.78 is 0. The molecule has 2 aliphatic rings. The standard InChI is InChI=1S/C20H28N2O2/c1-2-14-21-15-6-12-20(19(21)24)13-7-16-22(20)18(23)11-10-17-8-4-3-5-9-17/h3-5,8-9H,2,6-7,10-16H2,1H3. The van der Waals surface area contributed by atoms with Crippen molar-refractivity contribution < 1.29 is 9.59 Å². The Bertz CT molecular complexity index is 585. The Morgan fingerprint density at radius 1 is 1.12 bits per heavy atom. The summed E-state index contributed by atoms with van der Waals surface area (Å²) in [4.78, 5) is 29.8. The predicted octanol–water partition coefficient (Wildman–Crippen LogP) is 3.01. The quantitative estimate of drug-likeness (QED) is 0.833. The maximum absolute atomic E-state index is 13.1. The van der Waals surface area contributed by atoms with Gasteiger partial charge in [0.15, 0.2) is 0 Å². The number of hydrogen-bond donors (Lipinski definition) is 0. The highest BCUT2D eigenvalue weighted by atomic mass is 16.2. The van der Waals surface area contributed by atoms with Crippen LogP contribution < -0.4 is 0 Å². The fourth-order valence-corrected chi connectivity index (χ4v) is 4.30. The van der Waals surface area contributed by atoms with E-state index in [1.165, 1.54) is 5.56 Å². The topological polar surface area (TPSA) is 40.6 Å². The second kappa shape index (κ2) is 7.37. The van der Waals surface area contributed by atoms with E-state index in [1.54, 1.807) is 0 Å². The highest BCUT2D eigenvalue weighted by Gasteiger charge is 2.52. The molecule has 2 saturated heterocycles. The molecule has 0 aromatic heterocycles. The van der Waals surface area contributed by atoms with Gasteiger partial charge in [0, 0.05) is 26.1 Å². The molecular weight excluding hydrogens is 300 g/mol. The highest BCUT2D eigenvalue weighted by molar-refractivity contribution is 5.92. The van der Waals surface area contributed by atoms with E-state index in [0.29, 0.717) is 6.42 Å². The van der Waals surface area contributed by atoms with E-state index in [2.05, 4.69) is 19.1 Å². The summed E-state index contributed by atoms with van der Waals surface area (Å²) in [6, 6.07) is 10.1. The molecule has 3 rings (SSSR count). The molecule has 1 aromatic rings. The number of rotatable bonds is 5. The second-order valence-corrected chi connectivity index (χ2v) is 7.06. The number of carbonyl (C=O) groups is 2. The molecular formula is C20H28N2O2. The van der Waals surface area contributed by atoms with Crippen LogP contribution in [0.5, 0.6) is 0 Å². The zero-order valence-corrected chi connectivity index (χ0v) is 14.7. The monoisotopic (exact) mass is 328 g/mol. The number of amides is 2. The van der Waals surface area contributed by atoms with E-state index in [1.807, 2.05) is 28.0 Å². The number of hydrogen-bond acceptors (Lipinski definition) is 2. The van der Waals surface area contributed by atoms with Gasteiger partial charge < -0.3 is 9.80 Å². The summed E-state index contributed by atoms with van der Waals surface area (Å²) in [5.74, 6) is 0.337. The summed E-state index contributed by atoms with van der Waals surface area (Å²) in [5.41, 5.74) is 0.642. The van der Waals surface area contributed by atoms with E-state index in [-0.39, 0.29) is 11.8 Å². The van der Waals surface area contributed by atoms with Crippen molar-refractivity contribution in [2.45, 2.75) is 57.4 Å². The molecule has 2 fully saturated rings. The molecule has 2 aliphatic heterocycles. The average Bonchev–Trinajstić information content (AvgIpc) is 3.03. The van der Waals surface area contributed by atoms with Crippen LogP contribution in [-0.4, -0.2) is 46.8 Å². The maximum Gasteiger partial charge on any atom is 0.248 e. The van der Waals surface area contributed by atoms with Crippen molar-refractivity contribution >= 4 is 11.8 Å². The molecule has 2 heterocycles. The van der Waals surface area contributed by atoms with E-state index < -0.39 is 5.54 Å². The summed E-state index contributed by atoms with van der Waals surface area (Å²) in [5, 5.41) is 0. The van der Waals surface area contributed by atoms with Crippen molar-refractivity contribution in [3.8, 4) is 0 Å². The molecule has 0 saturated carbocycles. The van der Waals surface area contributed by atoms with E-state index >= 15 is 0 Å². The fourth-order valence-electron chi connectivity index (χ4n) is 4.30. The van der Waals surface area contributed by atoms with Crippen molar-refractivity contribution in [2.24, 2.45) is 0 Å². The Labute approximate surface area is 144 Å². The van der Waals surface area contributed by atoms with Gasteiger partial charge in [0.2, 0.25) is 11.8 Å².